The Bertz CT molecular complexity index is 3760. The molecule has 490 valence electrons. The van der Waals surface area contributed by atoms with E-state index in [0.29, 0.717) is 0 Å². The number of nitrogens with two attached hydrogens (primary N) is 1. The van der Waals surface area contributed by atoms with Crippen LogP contribution in [-0.4, -0.2) is 179 Å². The lowest BCUT2D eigenvalue weighted by Crippen LogP contribution is -2.60. The maximum absolute atomic E-state index is 15.8. The van der Waals surface area contributed by atoms with E-state index in [1.807, 2.05) is 13.8 Å². The third kappa shape index (κ3) is 14.0. The van der Waals surface area contributed by atoms with Gasteiger partial charge < -0.3 is 108 Å². The number of ether oxygens (including phenoxy) is 4. The van der Waals surface area contributed by atoms with E-state index in [-0.39, 0.29) is 45.6 Å². The van der Waals surface area contributed by atoms with E-state index >= 15 is 14.4 Å². The fraction of sp³-hybridized carbons (Fsp3) is 0.367. The van der Waals surface area contributed by atoms with E-state index in [4.69, 9.17) is 47.9 Å². The van der Waals surface area contributed by atoms with Crippen LogP contribution in [0.3, 0.4) is 0 Å². The topological polar surface area (TPSA) is 477 Å². The minimum atomic E-state index is -2.31. The first-order chi connectivity index (χ1) is 43.4. The number of benzene rings is 5. The molecule has 18 N–H and O–H groups in total. The number of carbonyl (C=O) groups excluding carboxylic acids is 7. The maximum atomic E-state index is 15.8. The Morgan fingerprint density at radius 3 is 1.83 bits per heavy atom. The number of nitrogens with one attached hydrogen (secondary N) is 6. The molecule has 11 bridgehead atoms. The number of halogens is 2. The predicted molar refractivity (Wildman–Crippen MR) is 318 cm³/mol. The summed E-state index contributed by atoms with van der Waals surface area (Å²) in [4.78, 5) is 117. The van der Waals surface area contributed by atoms with E-state index in [1.165, 1.54) is 12.1 Å². The summed E-state index contributed by atoms with van der Waals surface area (Å²) in [6.45, 7) is 2.73. The lowest BCUT2D eigenvalue weighted by Gasteiger charge is -2.39. The van der Waals surface area contributed by atoms with Crippen molar-refractivity contribution in [3.63, 3.8) is 0 Å². The molecule has 0 unspecified atom stereocenters. The number of phenols is 3. The second kappa shape index (κ2) is 27.4. The van der Waals surface area contributed by atoms with Crippen LogP contribution in [-0.2, 0) is 43.1 Å². The van der Waals surface area contributed by atoms with Gasteiger partial charge >= 0.3 is 5.97 Å². The molecular formula is C60H64Cl2N8O22. The van der Waals surface area contributed by atoms with Gasteiger partial charge in [-0.3, -0.25) is 38.5 Å². The molecule has 6 aliphatic rings. The van der Waals surface area contributed by atoms with E-state index in [9.17, 15) is 75.0 Å². The van der Waals surface area contributed by atoms with Crippen LogP contribution in [0.4, 0.5) is 0 Å². The number of carboxylic acids is 1. The fourth-order valence-corrected chi connectivity index (χ4v) is 11.4. The van der Waals surface area contributed by atoms with Crippen LogP contribution in [0, 0.1) is 5.92 Å². The van der Waals surface area contributed by atoms with Crippen LogP contribution in [0.1, 0.15) is 84.8 Å². The lowest BCUT2D eigenvalue weighted by atomic mass is 9.89. The summed E-state index contributed by atoms with van der Waals surface area (Å²) in [6, 6.07) is -0.522. The van der Waals surface area contributed by atoms with Gasteiger partial charge in [-0.05, 0) is 103 Å². The van der Waals surface area contributed by atoms with Crippen LogP contribution >= 0.6 is 23.2 Å². The van der Waals surface area contributed by atoms with Gasteiger partial charge in [0.05, 0.1) is 29.1 Å². The molecule has 0 aliphatic carbocycles. The molecular weight excluding hydrogens is 1260 g/mol. The number of aliphatic hydroxyl groups is 6. The Morgan fingerprint density at radius 2 is 1.25 bits per heavy atom. The van der Waals surface area contributed by atoms with Gasteiger partial charge in [-0.15, -0.1) is 0 Å². The van der Waals surface area contributed by atoms with Gasteiger partial charge in [-0.25, -0.2) is 4.79 Å². The molecule has 6 aliphatic heterocycles. The highest BCUT2D eigenvalue weighted by Crippen LogP contribution is 2.49. The molecule has 0 radical (unpaired) electrons. The van der Waals surface area contributed by atoms with Crippen molar-refractivity contribution in [2.24, 2.45) is 11.7 Å². The van der Waals surface area contributed by atoms with Gasteiger partial charge in [0, 0.05) is 22.8 Å². The second-order valence-corrected chi connectivity index (χ2v) is 23.6. The first-order valence-corrected chi connectivity index (χ1v) is 29.0. The smallest absolute Gasteiger partial charge is 0.330 e. The molecule has 14 atom stereocenters. The Balaban J connectivity index is 1.32. The average Bonchev–Trinajstić information content (AvgIpc) is 0.774. The summed E-state index contributed by atoms with van der Waals surface area (Å²) >= 11 is 13.9. The number of fused-ring (bicyclic) bond motifs is 15. The highest BCUT2D eigenvalue weighted by Gasteiger charge is 2.47. The molecule has 5 aromatic rings. The lowest BCUT2D eigenvalue weighted by molar-refractivity contribution is -0.277. The molecule has 0 spiro atoms. The molecule has 92 heavy (non-hydrogen) atoms. The van der Waals surface area contributed by atoms with Crippen molar-refractivity contribution in [3.05, 3.63) is 117 Å². The SMILES string of the molecule is CC(C)C[C@H](C(=O)N[C@H]1C(=O)N[C@@H](CC(N)=O)C(=O)N[C@H]2C(=O)N[C@H]3C(=O)N[C@H](C(=O)N[C@H](C(=O)O)c4cc(O)cc(O)c4-c4cc3ccc4O)[C@H](O)c3ccc(c(Cl)c3)Oc3cc2cc(c3O[C@@H]2O[C@H](CO)[C@@H](O)[C@H](O)[C@H]2O)Oc2ccc(cc2Cl)[C@H]1O)N(C)C. The van der Waals surface area contributed by atoms with Crippen molar-refractivity contribution in [1.82, 2.24) is 36.8 Å². The third-order valence-electron chi connectivity index (χ3n) is 15.6. The maximum Gasteiger partial charge on any atom is 0.330 e. The Hall–Kier alpha value is -9.08. The minimum Gasteiger partial charge on any atom is -0.508 e. The highest BCUT2D eigenvalue weighted by atomic mass is 35.5. The minimum absolute atomic E-state index is 0.0779. The Labute approximate surface area is 531 Å². The molecule has 1 fully saturated rings. The number of hydrogen-bond donors (Lipinski definition) is 17. The van der Waals surface area contributed by atoms with Gasteiger partial charge in [0.25, 0.3) is 0 Å². The number of phenolic OH excluding ortho intramolecular Hbond substituents is 3. The zero-order chi connectivity index (χ0) is 67.1. The first-order valence-electron chi connectivity index (χ1n) is 28.3. The molecule has 0 saturated carbocycles. The van der Waals surface area contributed by atoms with Crippen LogP contribution in [0.2, 0.25) is 10.0 Å². The van der Waals surface area contributed by atoms with E-state index in [1.54, 1.807) is 19.0 Å². The van der Waals surface area contributed by atoms with Crippen molar-refractivity contribution >= 4 is 70.5 Å². The van der Waals surface area contributed by atoms with Crippen molar-refractivity contribution in [3.8, 4) is 57.1 Å². The van der Waals surface area contributed by atoms with E-state index in [0.717, 1.165) is 66.7 Å². The van der Waals surface area contributed by atoms with Crippen LogP contribution in [0.5, 0.6) is 46.0 Å². The first kappa shape index (κ1) is 67.3. The van der Waals surface area contributed by atoms with Gasteiger partial charge in [-0.1, -0.05) is 55.2 Å². The fourth-order valence-electron chi connectivity index (χ4n) is 10.9. The van der Waals surface area contributed by atoms with Crippen LogP contribution in [0.25, 0.3) is 11.1 Å². The third-order valence-corrected chi connectivity index (χ3v) is 16.2. The van der Waals surface area contributed by atoms with E-state index in [2.05, 4.69) is 31.9 Å². The summed E-state index contributed by atoms with van der Waals surface area (Å²) < 4.78 is 24.9. The molecule has 11 rings (SSSR count). The number of carboxylic acid groups (broad SMARTS) is 1. The number of rotatable bonds is 11. The van der Waals surface area contributed by atoms with E-state index < -0.39 is 207 Å². The Kier molecular flexibility index (Phi) is 20.0. The molecule has 30 nitrogen and oxygen atoms in total. The molecule has 5 aromatic carbocycles. The van der Waals surface area contributed by atoms with Gasteiger partial charge in [0.1, 0.15) is 95.6 Å². The van der Waals surface area contributed by atoms with Crippen molar-refractivity contribution in [2.45, 2.75) is 112 Å². The van der Waals surface area contributed by atoms with Crippen molar-refractivity contribution in [1.29, 1.82) is 0 Å². The predicted octanol–water partition coefficient (Wildman–Crippen LogP) is 0.211. The molecule has 1 saturated heterocycles. The quantitative estimate of drug-likeness (QED) is 0.0840. The zero-order valence-corrected chi connectivity index (χ0v) is 50.5. The number of aromatic hydroxyl groups is 3. The Morgan fingerprint density at radius 1 is 0.663 bits per heavy atom. The molecule has 0 aromatic heterocycles. The number of nitrogens with zero attached hydrogens (tertiary/aromatic N) is 1. The number of likely N-dealkylation sites (N-methyl/N-ethyl adjacent to an activating group) is 1. The van der Waals surface area contributed by atoms with Crippen molar-refractivity contribution in [2.75, 3.05) is 20.7 Å². The van der Waals surface area contributed by atoms with Gasteiger partial charge in [-0.2, -0.15) is 0 Å². The molecule has 6 heterocycles. The normalized spacial score (nSPS) is 26.2. The molecule has 7 amide bonds. The number of amides is 7. The standard InChI is InChI=1S/C60H64Cl2N8O22/c1-21(2)11-32(70(3)4)54(82)68-45-47(76)23-6-9-35(29(61)13-23)89-37-15-25-16-38(52(37)92-60-51(80)50(79)49(78)39(20-71)91-60)90-36-10-7-24(14-30(36)62)48(77)46-58(86)67-44(59(87)88)28-17-26(72)18-34(74)41(28)27-12-22(5-8-33(27)73)42(55(83)69-46)66-56(84)43(25)65-53(81)31(19-40(63)75)64-57(45)85/h5-10,12-18,21,31-32,39,42-51,60,71-74,76-80H,11,19-20H2,1-4H3,(H2,63,75)(H,64,85)(H,65,81)(H,66,84)(H,67,86)(H,68,82)(H,69,83)(H,87,88)/t31-,32+,39+,42+,43+,44-,45+,46-,47+,48+,49+,50-,51+,60-/m0/s1. The summed E-state index contributed by atoms with van der Waals surface area (Å²) in [6.07, 6.45) is -14.9. The monoisotopic (exact) mass is 1320 g/mol. The summed E-state index contributed by atoms with van der Waals surface area (Å²) in [7, 11) is 3.19. The van der Waals surface area contributed by atoms with Gasteiger partial charge in [0.15, 0.2) is 17.5 Å². The second-order valence-electron chi connectivity index (χ2n) is 22.8. The highest BCUT2D eigenvalue weighted by molar-refractivity contribution is 6.32. The average molecular weight is 1320 g/mol. The summed E-state index contributed by atoms with van der Waals surface area (Å²) in [5.41, 5.74) is 2.93. The largest absolute Gasteiger partial charge is 0.508 e. The zero-order valence-electron chi connectivity index (χ0n) is 48.9. The number of hydrogen-bond acceptors (Lipinski definition) is 22. The van der Waals surface area contributed by atoms with Crippen molar-refractivity contribution < 1.29 is 108 Å². The van der Waals surface area contributed by atoms with Crippen LogP contribution < -0.4 is 51.8 Å². The number of aliphatic carboxylic acids is 1. The molecule has 32 heteroatoms. The number of primary amides is 1. The van der Waals surface area contributed by atoms with Gasteiger partial charge in [0.2, 0.25) is 53.4 Å². The number of carbonyl (C=O) groups is 8. The number of aliphatic hydroxyl groups excluding tert-OH is 6. The summed E-state index contributed by atoms with van der Waals surface area (Å²) in [5.74, 6) is -15.8. The summed E-state index contributed by atoms with van der Waals surface area (Å²) in [5, 5.41) is 125. The van der Waals surface area contributed by atoms with Crippen LogP contribution in [0.15, 0.2) is 78.9 Å².